The number of hydrogen-bond acceptors (Lipinski definition) is 5. The number of carbonyl (C=O) groups excluding carboxylic acids is 1. The molecule has 1 amide bonds. The van der Waals surface area contributed by atoms with E-state index in [1.165, 1.54) is 11.3 Å². The maximum atomic E-state index is 12.2. The summed E-state index contributed by atoms with van der Waals surface area (Å²) < 4.78 is 10.1. The third kappa shape index (κ3) is 4.05. The van der Waals surface area contributed by atoms with Gasteiger partial charge in [-0.3, -0.25) is 4.79 Å². The Hall–Kier alpha value is -1.92. The van der Waals surface area contributed by atoms with Crippen LogP contribution in [0.2, 0.25) is 0 Å². The van der Waals surface area contributed by atoms with Crippen LogP contribution in [0.4, 0.5) is 0 Å². The van der Waals surface area contributed by atoms with Crippen molar-refractivity contribution in [1.29, 1.82) is 0 Å². The summed E-state index contributed by atoms with van der Waals surface area (Å²) in [6, 6.07) is 7.65. The second-order valence-electron chi connectivity index (χ2n) is 4.76. The third-order valence-electron chi connectivity index (χ3n) is 3.15. The summed E-state index contributed by atoms with van der Waals surface area (Å²) in [6.07, 6.45) is 0.797. The van der Waals surface area contributed by atoms with Gasteiger partial charge in [-0.2, -0.15) is 0 Å². The smallest absolute Gasteiger partial charge is 0.263 e. The van der Waals surface area contributed by atoms with E-state index in [0.29, 0.717) is 18.0 Å². The Balaban J connectivity index is 2.08. The average molecular weight is 320 g/mol. The summed E-state index contributed by atoms with van der Waals surface area (Å²) in [5.41, 5.74) is 1.73. The van der Waals surface area contributed by atoms with Crippen molar-refractivity contribution in [2.24, 2.45) is 0 Å². The summed E-state index contributed by atoms with van der Waals surface area (Å²) in [5, 5.41) is 3.72. The van der Waals surface area contributed by atoms with E-state index in [1.807, 2.05) is 31.2 Å². The molecule has 2 rings (SSSR count). The van der Waals surface area contributed by atoms with Crippen molar-refractivity contribution in [1.82, 2.24) is 10.3 Å². The number of rotatable bonds is 7. The van der Waals surface area contributed by atoms with Crippen molar-refractivity contribution >= 4 is 17.2 Å². The van der Waals surface area contributed by atoms with Gasteiger partial charge in [0.25, 0.3) is 5.91 Å². The molecular formula is C16H20N2O3S. The average Bonchev–Trinajstić information content (AvgIpc) is 2.93. The van der Waals surface area contributed by atoms with Crippen LogP contribution in [0.5, 0.6) is 5.75 Å². The molecule has 0 aliphatic rings. The highest BCUT2D eigenvalue weighted by molar-refractivity contribution is 7.17. The summed E-state index contributed by atoms with van der Waals surface area (Å²) in [7, 11) is 3.28. The quantitative estimate of drug-likeness (QED) is 0.797. The molecule has 118 valence electrons. The van der Waals surface area contributed by atoms with Gasteiger partial charge in [0, 0.05) is 25.8 Å². The van der Waals surface area contributed by atoms with Crippen molar-refractivity contribution in [3.05, 3.63) is 34.8 Å². The molecule has 0 saturated heterocycles. The van der Waals surface area contributed by atoms with Gasteiger partial charge in [-0.25, -0.2) is 4.98 Å². The summed E-state index contributed by atoms with van der Waals surface area (Å²) in [4.78, 5) is 17.3. The van der Waals surface area contributed by atoms with Crippen LogP contribution in [-0.2, 0) is 4.74 Å². The maximum Gasteiger partial charge on any atom is 0.263 e. The standard InChI is InChI=1S/C16H20N2O3S/c1-11-14(15(19)17-9-4-10-20-2)22-16(18-11)12-5-7-13(21-3)8-6-12/h5-8H,4,9-10H2,1-3H3,(H,17,19). The fourth-order valence-electron chi connectivity index (χ4n) is 1.96. The van der Waals surface area contributed by atoms with Crippen LogP contribution in [0, 0.1) is 6.92 Å². The molecule has 0 aliphatic heterocycles. The molecule has 0 spiro atoms. The maximum absolute atomic E-state index is 12.2. The number of benzene rings is 1. The Kier molecular flexibility index (Phi) is 5.91. The van der Waals surface area contributed by atoms with Gasteiger partial charge >= 0.3 is 0 Å². The second-order valence-corrected chi connectivity index (χ2v) is 5.76. The van der Waals surface area contributed by atoms with E-state index in [0.717, 1.165) is 28.4 Å². The molecule has 0 bridgehead atoms. The number of aryl methyl sites for hydroxylation is 1. The van der Waals surface area contributed by atoms with E-state index in [4.69, 9.17) is 9.47 Å². The zero-order valence-corrected chi connectivity index (χ0v) is 13.8. The minimum Gasteiger partial charge on any atom is -0.497 e. The molecule has 1 aromatic heterocycles. The van der Waals surface area contributed by atoms with Crippen LogP contribution >= 0.6 is 11.3 Å². The minimum atomic E-state index is -0.0779. The highest BCUT2D eigenvalue weighted by Crippen LogP contribution is 2.29. The molecule has 2 aromatic rings. The van der Waals surface area contributed by atoms with Crippen LogP contribution in [0.3, 0.4) is 0 Å². The second kappa shape index (κ2) is 7.91. The van der Waals surface area contributed by atoms with Crippen molar-refractivity contribution in [2.75, 3.05) is 27.4 Å². The van der Waals surface area contributed by atoms with Gasteiger partial charge in [0.1, 0.15) is 15.6 Å². The van der Waals surface area contributed by atoms with Crippen LogP contribution in [0.1, 0.15) is 21.8 Å². The largest absolute Gasteiger partial charge is 0.497 e. The summed E-state index contributed by atoms with van der Waals surface area (Å²) in [6.45, 7) is 3.09. The molecule has 0 fully saturated rings. The van der Waals surface area contributed by atoms with E-state index in [1.54, 1.807) is 14.2 Å². The Morgan fingerprint density at radius 1 is 1.27 bits per heavy atom. The Bertz CT molecular complexity index is 623. The van der Waals surface area contributed by atoms with Crippen LogP contribution in [0.25, 0.3) is 10.6 Å². The lowest BCUT2D eigenvalue weighted by Gasteiger charge is -2.03. The third-order valence-corrected chi connectivity index (χ3v) is 4.36. The zero-order chi connectivity index (χ0) is 15.9. The number of methoxy groups -OCH3 is 2. The Morgan fingerprint density at radius 3 is 2.64 bits per heavy atom. The van der Waals surface area contributed by atoms with Gasteiger partial charge in [0.15, 0.2) is 0 Å². The highest BCUT2D eigenvalue weighted by atomic mass is 32.1. The lowest BCUT2D eigenvalue weighted by atomic mass is 10.2. The van der Waals surface area contributed by atoms with Crippen molar-refractivity contribution in [3.63, 3.8) is 0 Å². The van der Waals surface area contributed by atoms with E-state index in [2.05, 4.69) is 10.3 Å². The fraction of sp³-hybridized carbons (Fsp3) is 0.375. The summed E-state index contributed by atoms with van der Waals surface area (Å²) >= 11 is 1.40. The van der Waals surface area contributed by atoms with Gasteiger partial charge in [0.2, 0.25) is 0 Å². The molecule has 22 heavy (non-hydrogen) atoms. The van der Waals surface area contributed by atoms with E-state index in [9.17, 15) is 4.79 Å². The monoisotopic (exact) mass is 320 g/mol. The van der Waals surface area contributed by atoms with Crippen LogP contribution < -0.4 is 10.1 Å². The number of nitrogens with one attached hydrogen (secondary N) is 1. The van der Waals surface area contributed by atoms with Gasteiger partial charge in [0.05, 0.1) is 12.8 Å². The van der Waals surface area contributed by atoms with Crippen LogP contribution in [-0.4, -0.2) is 38.3 Å². The van der Waals surface area contributed by atoms with Crippen molar-refractivity contribution in [3.8, 4) is 16.3 Å². The predicted octanol–water partition coefficient (Wildman–Crippen LogP) is 2.89. The van der Waals surface area contributed by atoms with E-state index >= 15 is 0 Å². The first-order valence-electron chi connectivity index (χ1n) is 7.04. The topological polar surface area (TPSA) is 60.5 Å². The SMILES string of the molecule is COCCCNC(=O)c1sc(-c2ccc(OC)cc2)nc1C. The predicted molar refractivity (Wildman–Crippen MR) is 87.7 cm³/mol. The first kappa shape index (κ1) is 16.5. The molecule has 5 nitrogen and oxygen atoms in total. The number of amides is 1. The van der Waals surface area contributed by atoms with Crippen molar-refractivity contribution in [2.45, 2.75) is 13.3 Å². The number of carbonyl (C=O) groups is 1. The molecule has 6 heteroatoms. The molecule has 0 aliphatic carbocycles. The first-order chi connectivity index (χ1) is 10.7. The lowest BCUT2D eigenvalue weighted by Crippen LogP contribution is -2.24. The minimum absolute atomic E-state index is 0.0779. The molecule has 0 atom stereocenters. The molecule has 1 aromatic carbocycles. The van der Waals surface area contributed by atoms with Gasteiger partial charge in [-0.1, -0.05) is 0 Å². The Labute approximate surface area is 134 Å². The van der Waals surface area contributed by atoms with Crippen molar-refractivity contribution < 1.29 is 14.3 Å². The molecule has 1 N–H and O–H groups in total. The normalized spacial score (nSPS) is 10.5. The summed E-state index contributed by atoms with van der Waals surface area (Å²) in [5.74, 6) is 0.721. The zero-order valence-electron chi connectivity index (χ0n) is 13.0. The van der Waals surface area contributed by atoms with Gasteiger partial charge in [-0.05, 0) is 37.6 Å². The number of nitrogens with zero attached hydrogens (tertiary/aromatic N) is 1. The number of aromatic nitrogens is 1. The molecule has 0 unspecified atom stereocenters. The van der Waals surface area contributed by atoms with Crippen LogP contribution in [0.15, 0.2) is 24.3 Å². The molecule has 0 saturated carbocycles. The van der Waals surface area contributed by atoms with Gasteiger partial charge < -0.3 is 14.8 Å². The molecular weight excluding hydrogens is 300 g/mol. The molecule has 1 heterocycles. The number of thiazole rings is 1. The van der Waals surface area contributed by atoms with Gasteiger partial charge in [-0.15, -0.1) is 11.3 Å². The lowest BCUT2D eigenvalue weighted by molar-refractivity contribution is 0.0952. The fourth-order valence-corrected chi connectivity index (χ4v) is 2.95. The Morgan fingerprint density at radius 2 is 2.00 bits per heavy atom. The van der Waals surface area contributed by atoms with E-state index < -0.39 is 0 Å². The molecule has 0 radical (unpaired) electrons. The number of ether oxygens (including phenoxy) is 2. The first-order valence-corrected chi connectivity index (χ1v) is 7.86. The highest BCUT2D eigenvalue weighted by Gasteiger charge is 2.15. The number of hydrogen-bond donors (Lipinski definition) is 1. The van der Waals surface area contributed by atoms with E-state index in [-0.39, 0.29) is 5.91 Å².